The van der Waals surface area contributed by atoms with E-state index in [4.69, 9.17) is 0 Å². The third-order valence-corrected chi connectivity index (χ3v) is 10.4. The predicted molar refractivity (Wildman–Crippen MR) is 161 cm³/mol. The van der Waals surface area contributed by atoms with Crippen LogP contribution >= 0.6 is 0 Å². The van der Waals surface area contributed by atoms with E-state index in [9.17, 15) is 41.9 Å². The summed E-state index contributed by atoms with van der Waals surface area (Å²) in [6.45, 7) is 9.12. The number of nitrogens with one attached hydrogen (secondary N) is 4. The van der Waals surface area contributed by atoms with Crippen molar-refractivity contribution in [1.29, 1.82) is 0 Å². The van der Waals surface area contributed by atoms with Crippen LogP contribution < -0.4 is 21.3 Å². The summed E-state index contributed by atoms with van der Waals surface area (Å²) in [6, 6.07) is -5.88. The summed E-state index contributed by atoms with van der Waals surface area (Å²) in [4.78, 5) is 80.2. The SMILES string of the molecule is CNC(=O)C(=O)C(CC(F)(F)F)NC(=O)[C@@H]1[C@@H]2[C@H](CN1C(=O)[C@@H](NC(=O)N[C@H](C(=O)C1CC1)C1CCCCC1)C(C)(C)C)C2(C)C. The van der Waals surface area contributed by atoms with Crippen LogP contribution in [0.1, 0.15) is 86.0 Å². The van der Waals surface area contributed by atoms with E-state index in [0.717, 1.165) is 52.0 Å². The predicted octanol–water partition coefficient (Wildman–Crippen LogP) is 2.86. The van der Waals surface area contributed by atoms with E-state index in [0.29, 0.717) is 0 Å². The minimum atomic E-state index is -4.86. The second-order valence-corrected chi connectivity index (χ2v) is 15.2. The van der Waals surface area contributed by atoms with Crippen LogP contribution in [0.5, 0.6) is 0 Å². The van der Waals surface area contributed by atoms with Crippen molar-refractivity contribution in [3.05, 3.63) is 0 Å². The fourth-order valence-electron chi connectivity index (χ4n) is 7.43. The Bertz CT molecular complexity index is 1240. The molecule has 3 saturated carbocycles. The topological polar surface area (TPSA) is 154 Å². The summed E-state index contributed by atoms with van der Waals surface area (Å²) in [5.41, 5.74) is -1.26. The van der Waals surface area contributed by atoms with Crippen molar-refractivity contribution in [2.24, 2.45) is 34.5 Å². The lowest BCUT2D eigenvalue weighted by Crippen LogP contribution is -2.62. The Balaban J connectivity index is 1.54. The monoisotopic (exact) mass is 655 g/mol. The molecule has 6 atom stereocenters. The number of alkyl halides is 3. The normalized spacial score (nSPS) is 26.2. The minimum absolute atomic E-state index is 0.0130. The second-order valence-electron chi connectivity index (χ2n) is 15.2. The average Bonchev–Trinajstić information content (AvgIpc) is 3.85. The van der Waals surface area contributed by atoms with Gasteiger partial charge in [-0.3, -0.25) is 24.0 Å². The Morgan fingerprint density at radius 3 is 2.02 bits per heavy atom. The summed E-state index contributed by atoms with van der Waals surface area (Å²) >= 11 is 0. The van der Waals surface area contributed by atoms with Gasteiger partial charge in [0.2, 0.25) is 17.6 Å². The first-order valence-corrected chi connectivity index (χ1v) is 16.3. The Morgan fingerprint density at radius 2 is 1.50 bits per heavy atom. The molecule has 4 aliphatic rings. The Kier molecular flexibility index (Phi) is 10.2. The van der Waals surface area contributed by atoms with Gasteiger partial charge in [-0.05, 0) is 54.3 Å². The van der Waals surface area contributed by atoms with E-state index in [-0.39, 0.29) is 30.1 Å². The van der Waals surface area contributed by atoms with Crippen molar-refractivity contribution in [1.82, 2.24) is 26.2 Å². The maximum absolute atomic E-state index is 14.2. The largest absolute Gasteiger partial charge is 0.391 e. The van der Waals surface area contributed by atoms with Gasteiger partial charge in [-0.1, -0.05) is 53.9 Å². The van der Waals surface area contributed by atoms with Gasteiger partial charge in [0.05, 0.1) is 12.5 Å². The summed E-state index contributed by atoms with van der Waals surface area (Å²) in [5, 5.41) is 9.74. The number of halogens is 3. The number of likely N-dealkylation sites (N-methyl/N-ethyl adjacent to an activating group) is 1. The lowest BCUT2D eigenvalue weighted by Gasteiger charge is -2.38. The molecule has 46 heavy (non-hydrogen) atoms. The van der Waals surface area contributed by atoms with Gasteiger partial charge in [-0.15, -0.1) is 0 Å². The number of Topliss-reactive ketones (excluding diaryl/α,β-unsaturated/α-hetero) is 2. The molecule has 0 radical (unpaired) electrons. The van der Waals surface area contributed by atoms with Crippen LogP contribution in [0.2, 0.25) is 0 Å². The summed E-state index contributed by atoms with van der Waals surface area (Å²) in [7, 11) is 1.09. The Hall–Kier alpha value is -3.19. The van der Waals surface area contributed by atoms with Crippen LogP contribution in [0.15, 0.2) is 0 Å². The Morgan fingerprint density at radius 1 is 0.891 bits per heavy atom. The number of ketones is 2. The third-order valence-electron chi connectivity index (χ3n) is 10.4. The highest BCUT2D eigenvalue weighted by Crippen LogP contribution is 2.65. The van der Waals surface area contributed by atoms with Gasteiger partial charge in [-0.25, -0.2) is 4.79 Å². The van der Waals surface area contributed by atoms with Crippen LogP contribution in [-0.2, 0) is 24.0 Å². The zero-order valence-corrected chi connectivity index (χ0v) is 27.5. The highest BCUT2D eigenvalue weighted by Gasteiger charge is 2.70. The molecule has 0 bridgehead atoms. The van der Waals surface area contributed by atoms with Gasteiger partial charge >= 0.3 is 12.2 Å². The molecule has 1 unspecified atom stereocenters. The van der Waals surface area contributed by atoms with E-state index >= 15 is 0 Å². The van der Waals surface area contributed by atoms with Crippen molar-refractivity contribution in [2.75, 3.05) is 13.6 Å². The van der Waals surface area contributed by atoms with Gasteiger partial charge in [0, 0.05) is 19.5 Å². The Labute approximate surface area is 267 Å². The number of piperidine rings is 1. The van der Waals surface area contributed by atoms with Gasteiger partial charge in [-0.2, -0.15) is 13.2 Å². The minimum Gasteiger partial charge on any atom is -0.353 e. The van der Waals surface area contributed by atoms with Gasteiger partial charge in [0.25, 0.3) is 5.91 Å². The molecule has 0 aromatic heterocycles. The molecule has 5 amide bonds. The number of hydrogen-bond acceptors (Lipinski definition) is 6. The molecule has 4 fully saturated rings. The van der Waals surface area contributed by atoms with E-state index in [1.165, 1.54) is 4.90 Å². The third kappa shape index (κ3) is 7.84. The number of amides is 5. The molecule has 258 valence electrons. The zero-order chi connectivity index (χ0) is 34.4. The number of carbonyl (C=O) groups is 6. The molecule has 3 aliphatic carbocycles. The van der Waals surface area contributed by atoms with Crippen LogP contribution in [0.3, 0.4) is 0 Å². The lowest BCUT2D eigenvalue weighted by molar-refractivity contribution is -0.155. The molecule has 0 aromatic carbocycles. The molecule has 14 heteroatoms. The molecule has 4 N–H and O–H groups in total. The number of hydrogen-bond donors (Lipinski definition) is 4. The first-order valence-electron chi connectivity index (χ1n) is 16.3. The van der Waals surface area contributed by atoms with Crippen LogP contribution in [0, 0.1) is 34.5 Å². The van der Waals surface area contributed by atoms with Crippen LogP contribution in [-0.4, -0.2) is 84.2 Å². The van der Waals surface area contributed by atoms with Gasteiger partial charge in [0.15, 0.2) is 5.78 Å². The lowest BCUT2D eigenvalue weighted by atomic mass is 9.81. The fourth-order valence-corrected chi connectivity index (χ4v) is 7.43. The highest BCUT2D eigenvalue weighted by atomic mass is 19.4. The molecule has 1 aliphatic heterocycles. The summed E-state index contributed by atoms with van der Waals surface area (Å²) < 4.78 is 40.1. The van der Waals surface area contributed by atoms with Gasteiger partial charge < -0.3 is 26.2 Å². The van der Waals surface area contributed by atoms with E-state index in [2.05, 4.69) is 16.0 Å². The first-order chi connectivity index (χ1) is 21.3. The quantitative estimate of drug-likeness (QED) is 0.251. The zero-order valence-electron chi connectivity index (χ0n) is 27.5. The number of likely N-dealkylation sites (tertiary alicyclic amines) is 1. The first kappa shape index (κ1) is 35.7. The van der Waals surface area contributed by atoms with Crippen molar-refractivity contribution in [3.63, 3.8) is 0 Å². The smallest absolute Gasteiger partial charge is 0.353 e. The maximum atomic E-state index is 14.2. The maximum Gasteiger partial charge on any atom is 0.391 e. The van der Waals surface area contributed by atoms with Crippen molar-refractivity contribution in [3.8, 4) is 0 Å². The van der Waals surface area contributed by atoms with Crippen molar-refractivity contribution < 1.29 is 41.9 Å². The number of rotatable bonds is 11. The van der Waals surface area contributed by atoms with E-state index in [1.807, 2.05) is 19.2 Å². The molecule has 0 aromatic rings. The van der Waals surface area contributed by atoms with Crippen molar-refractivity contribution in [2.45, 2.75) is 116 Å². The van der Waals surface area contributed by atoms with Crippen LogP contribution in [0.4, 0.5) is 18.0 Å². The molecule has 0 spiro atoms. The number of carbonyl (C=O) groups excluding carboxylic acids is 6. The average molecular weight is 656 g/mol. The number of nitrogens with zero attached hydrogens (tertiary/aromatic N) is 1. The highest BCUT2D eigenvalue weighted by molar-refractivity contribution is 6.38. The van der Waals surface area contributed by atoms with Gasteiger partial charge in [0.1, 0.15) is 18.1 Å². The fraction of sp³-hybridized carbons (Fsp3) is 0.812. The number of fused-ring (bicyclic) bond motifs is 1. The van der Waals surface area contributed by atoms with Crippen LogP contribution in [0.25, 0.3) is 0 Å². The van der Waals surface area contributed by atoms with Crippen molar-refractivity contribution >= 4 is 35.3 Å². The second kappa shape index (κ2) is 13.1. The summed E-state index contributed by atoms with van der Waals surface area (Å²) in [6.07, 6.45) is -0.349. The molecular weight excluding hydrogens is 607 g/mol. The van der Waals surface area contributed by atoms with E-state index < -0.39 is 83.0 Å². The molecule has 1 heterocycles. The molecule has 11 nitrogen and oxygen atoms in total. The summed E-state index contributed by atoms with van der Waals surface area (Å²) in [5.74, 6) is -4.88. The standard InChI is InChI=1S/C32H48F3N5O6/c1-30(2,3)25(39-29(46)38-21(23(41)17-12-13-17)16-10-8-7-9-11-16)28(45)40-15-18-20(31(18,4)5)22(40)26(43)37-19(14-32(33,34)35)24(42)27(44)36-6/h16-22,25H,7-15H2,1-6H3,(H,36,44)(H,37,43)(H2,38,39,46)/t18-,19?,20-,21-,22-,25+/m0/s1. The number of urea groups is 1. The van der Waals surface area contributed by atoms with E-state index in [1.54, 1.807) is 20.8 Å². The molecule has 4 rings (SSSR count). The molecular formula is C32H48F3N5O6. The molecule has 1 saturated heterocycles.